The van der Waals surface area contributed by atoms with Crippen molar-refractivity contribution in [2.75, 3.05) is 23.9 Å². The van der Waals surface area contributed by atoms with Gasteiger partial charge in [0.25, 0.3) is 0 Å². The van der Waals surface area contributed by atoms with E-state index in [1.807, 2.05) is 0 Å². The van der Waals surface area contributed by atoms with Gasteiger partial charge >= 0.3 is 0 Å². The van der Waals surface area contributed by atoms with Gasteiger partial charge in [0.05, 0.1) is 22.7 Å². The number of fused-ring (bicyclic) bond motifs is 2. The molecule has 0 amide bonds. The van der Waals surface area contributed by atoms with Crippen LogP contribution in [0.2, 0.25) is 0 Å². The third-order valence-corrected chi connectivity index (χ3v) is 3.94. The van der Waals surface area contributed by atoms with Crippen LogP contribution in [0.1, 0.15) is 0 Å². The number of para-hydroxylation sites is 2. The average Bonchev–Trinajstić information content (AvgIpc) is 2.36. The predicted molar refractivity (Wildman–Crippen MR) is 81.7 cm³/mol. The number of anilines is 4. The zero-order valence-electron chi connectivity index (χ0n) is 9.81. The maximum Gasteiger partial charge on any atom is 0.0660 e. The maximum absolute atomic E-state index is 2.36. The molecule has 0 atom stereocenters. The largest absolute Gasteiger partial charge is 0.341 e. The van der Waals surface area contributed by atoms with E-state index in [2.05, 4.69) is 89.0 Å². The first-order valence-corrected chi connectivity index (χ1v) is 6.62. The Morgan fingerprint density at radius 2 is 1.29 bits per heavy atom. The standard InChI is InChI=1S/C14H13IN2/c1-16-11-5-3-4-6-12(11)17(2)14-9-10(15)7-8-13(14)16/h3-9H,1-2H3. The van der Waals surface area contributed by atoms with Crippen molar-refractivity contribution in [2.24, 2.45) is 0 Å². The summed E-state index contributed by atoms with van der Waals surface area (Å²) in [6, 6.07) is 15.0. The van der Waals surface area contributed by atoms with Crippen molar-refractivity contribution in [1.82, 2.24) is 0 Å². The van der Waals surface area contributed by atoms with Crippen molar-refractivity contribution in [3.8, 4) is 0 Å². The van der Waals surface area contributed by atoms with Gasteiger partial charge in [0, 0.05) is 17.7 Å². The number of hydrogen-bond donors (Lipinski definition) is 0. The zero-order chi connectivity index (χ0) is 12.0. The molecule has 0 unspecified atom stereocenters. The zero-order valence-corrected chi connectivity index (χ0v) is 12.0. The van der Waals surface area contributed by atoms with Gasteiger partial charge in [0.2, 0.25) is 0 Å². The van der Waals surface area contributed by atoms with Gasteiger partial charge in [-0.25, -0.2) is 0 Å². The first kappa shape index (κ1) is 10.9. The van der Waals surface area contributed by atoms with Gasteiger partial charge in [-0.3, -0.25) is 0 Å². The number of halogens is 1. The number of rotatable bonds is 0. The van der Waals surface area contributed by atoms with Crippen molar-refractivity contribution in [3.63, 3.8) is 0 Å². The SMILES string of the molecule is CN1c2ccccc2N(C)c2cc(I)ccc21. The minimum absolute atomic E-state index is 1.25. The summed E-state index contributed by atoms with van der Waals surface area (Å²) in [5.41, 5.74) is 5.03. The Bertz CT molecular complexity index is 580. The van der Waals surface area contributed by atoms with Gasteiger partial charge in [-0.05, 0) is 52.9 Å². The highest BCUT2D eigenvalue weighted by Crippen LogP contribution is 2.46. The third-order valence-electron chi connectivity index (χ3n) is 3.26. The fourth-order valence-electron chi connectivity index (χ4n) is 2.34. The topological polar surface area (TPSA) is 6.48 Å². The molecule has 0 bridgehead atoms. The Morgan fingerprint density at radius 1 is 0.765 bits per heavy atom. The Morgan fingerprint density at radius 3 is 1.94 bits per heavy atom. The summed E-state index contributed by atoms with van der Waals surface area (Å²) in [6.07, 6.45) is 0. The Labute approximate surface area is 115 Å². The molecule has 17 heavy (non-hydrogen) atoms. The first-order valence-electron chi connectivity index (χ1n) is 5.54. The van der Waals surface area contributed by atoms with Crippen LogP contribution < -0.4 is 9.80 Å². The van der Waals surface area contributed by atoms with E-state index in [9.17, 15) is 0 Å². The van der Waals surface area contributed by atoms with Crippen LogP contribution in [0.5, 0.6) is 0 Å². The van der Waals surface area contributed by atoms with E-state index in [4.69, 9.17) is 0 Å². The molecule has 0 saturated heterocycles. The molecule has 0 N–H and O–H groups in total. The smallest absolute Gasteiger partial charge is 0.0660 e. The fraction of sp³-hybridized carbons (Fsp3) is 0.143. The van der Waals surface area contributed by atoms with Crippen LogP contribution in [-0.2, 0) is 0 Å². The lowest BCUT2D eigenvalue weighted by atomic mass is 10.1. The van der Waals surface area contributed by atoms with Crippen LogP contribution in [0.3, 0.4) is 0 Å². The number of hydrogen-bond acceptors (Lipinski definition) is 2. The summed E-state index contributed by atoms with van der Waals surface area (Å²) in [4.78, 5) is 4.51. The number of benzene rings is 2. The number of nitrogens with zero attached hydrogens (tertiary/aromatic N) is 2. The molecule has 2 nitrogen and oxygen atoms in total. The maximum atomic E-state index is 2.36. The van der Waals surface area contributed by atoms with E-state index in [1.165, 1.54) is 26.3 Å². The molecule has 1 aliphatic heterocycles. The third kappa shape index (κ3) is 1.60. The monoisotopic (exact) mass is 336 g/mol. The molecule has 1 heterocycles. The van der Waals surface area contributed by atoms with Gasteiger partial charge in [-0.15, -0.1) is 0 Å². The van der Waals surface area contributed by atoms with E-state index in [0.717, 1.165) is 0 Å². The molecule has 0 aromatic heterocycles. The molecule has 3 rings (SSSR count). The van der Waals surface area contributed by atoms with Gasteiger partial charge in [-0.1, -0.05) is 12.1 Å². The van der Waals surface area contributed by atoms with E-state index < -0.39 is 0 Å². The molecule has 0 spiro atoms. The molecule has 0 radical (unpaired) electrons. The summed E-state index contributed by atoms with van der Waals surface area (Å²) in [7, 11) is 4.25. The lowest BCUT2D eigenvalue weighted by Gasteiger charge is -2.36. The van der Waals surface area contributed by atoms with Gasteiger partial charge in [0.15, 0.2) is 0 Å². The quantitative estimate of drug-likeness (QED) is 0.667. The average molecular weight is 336 g/mol. The highest BCUT2D eigenvalue weighted by molar-refractivity contribution is 14.1. The highest BCUT2D eigenvalue weighted by Gasteiger charge is 2.23. The Hall–Kier alpha value is -1.23. The van der Waals surface area contributed by atoms with E-state index in [-0.39, 0.29) is 0 Å². The summed E-state index contributed by atoms with van der Waals surface area (Å²) in [6.45, 7) is 0. The van der Waals surface area contributed by atoms with Crippen molar-refractivity contribution in [3.05, 3.63) is 46.0 Å². The fourth-order valence-corrected chi connectivity index (χ4v) is 2.81. The van der Waals surface area contributed by atoms with Gasteiger partial charge in [0.1, 0.15) is 0 Å². The van der Waals surface area contributed by atoms with Crippen molar-refractivity contribution < 1.29 is 0 Å². The van der Waals surface area contributed by atoms with Crippen molar-refractivity contribution in [1.29, 1.82) is 0 Å². The Balaban J connectivity index is 2.25. The molecule has 0 saturated carbocycles. The molecule has 86 valence electrons. The minimum atomic E-state index is 1.25. The van der Waals surface area contributed by atoms with Crippen molar-refractivity contribution in [2.45, 2.75) is 0 Å². The lowest BCUT2D eigenvalue weighted by molar-refractivity contribution is 1.09. The summed E-state index contributed by atoms with van der Waals surface area (Å²) in [5, 5.41) is 0. The van der Waals surface area contributed by atoms with E-state index >= 15 is 0 Å². The van der Waals surface area contributed by atoms with E-state index in [0.29, 0.717) is 0 Å². The molecular formula is C14H13IN2. The first-order chi connectivity index (χ1) is 8.18. The summed E-state index contributed by atoms with van der Waals surface area (Å²) < 4.78 is 1.26. The lowest BCUT2D eigenvalue weighted by Crippen LogP contribution is -2.24. The van der Waals surface area contributed by atoms with Crippen LogP contribution >= 0.6 is 22.6 Å². The minimum Gasteiger partial charge on any atom is -0.341 e. The van der Waals surface area contributed by atoms with Crippen LogP contribution in [0, 0.1) is 3.57 Å². The molecule has 2 aromatic rings. The van der Waals surface area contributed by atoms with Crippen molar-refractivity contribution >= 4 is 45.3 Å². The van der Waals surface area contributed by atoms with Crippen LogP contribution in [0.4, 0.5) is 22.7 Å². The van der Waals surface area contributed by atoms with Crippen LogP contribution in [-0.4, -0.2) is 14.1 Å². The second-order valence-electron chi connectivity index (χ2n) is 4.24. The van der Waals surface area contributed by atoms with Crippen LogP contribution in [0.25, 0.3) is 0 Å². The van der Waals surface area contributed by atoms with E-state index in [1.54, 1.807) is 0 Å². The second-order valence-corrected chi connectivity index (χ2v) is 5.49. The normalized spacial score (nSPS) is 13.4. The van der Waals surface area contributed by atoms with Gasteiger partial charge in [-0.2, -0.15) is 0 Å². The molecule has 3 heteroatoms. The highest BCUT2D eigenvalue weighted by atomic mass is 127. The second kappa shape index (κ2) is 3.91. The summed E-state index contributed by atoms with van der Waals surface area (Å²) >= 11 is 2.36. The molecule has 0 fully saturated rings. The Kier molecular flexibility index (Phi) is 2.50. The summed E-state index contributed by atoms with van der Waals surface area (Å²) in [5.74, 6) is 0. The predicted octanol–water partition coefficient (Wildman–Crippen LogP) is 4.14. The van der Waals surface area contributed by atoms with Crippen LogP contribution in [0.15, 0.2) is 42.5 Å². The molecule has 0 aliphatic carbocycles. The molecule has 1 aliphatic rings. The molecule has 2 aromatic carbocycles. The van der Waals surface area contributed by atoms with Gasteiger partial charge < -0.3 is 9.80 Å². The molecular weight excluding hydrogens is 323 g/mol.